The van der Waals surface area contributed by atoms with Gasteiger partial charge in [-0.2, -0.15) is 0 Å². The number of nitrogens with zero attached hydrogens (tertiary/aromatic N) is 1. The molecule has 3 rings (SSSR count). The third-order valence-corrected chi connectivity index (χ3v) is 3.11. The van der Waals surface area contributed by atoms with E-state index >= 15 is 0 Å². The van der Waals surface area contributed by atoms with Gasteiger partial charge in [-0.3, -0.25) is 9.78 Å². The lowest BCUT2D eigenvalue weighted by Gasteiger charge is -2.10. The highest BCUT2D eigenvalue weighted by atomic mass is 16.5. The van der Waals surface area contributed by atoms with Crippen molar-refractivity contribution in [2.45, 2.75) is 0 Å². The molecule has 0 saturated carbocycles. The van der Waals surface area contributed by atoms with Crippen LogP contribution in [0.3, 0.4) is 0 Å². The Kier molecular flexibility index (Phi) is 3.16. The molecule has 0 aliphatic rings. The van der Waals surface area contributed by atoms with Crippen molar-refractivity contribution in [1.29, 1.82) is 0 Å². The molecule has 5 nitrogen and oxygen atoms in total. The summed E-state index contributed by atoms with van der Waals surface area (Å²) in [5.41, 5.74) is 12.6. The zero-order chi connectivity index (χ0) is 14.8. The molecule has 0 spiro atoms. The molecule has 0 atom stereocenters. The lowest BCUT2D eigenvalue weighted by atomic mass is 10.1. The molecule has 1 aromatic heterocycles. The fourth-order valence-corrected chi connectivity index (χ4v) is 2.07. The van der Waals surface area contributed by atoms with Gasteiger partial charge in [0.05, 0.1) is 5.69 Å². The van der Waals surface area contributed by atoms with Crippen LogP contribution in [0.1, 0.15) is 10.4 Å². The fourth-order valence-electron chi connectivity index (χ4n) is 2.07. The van der Waals surface area contributed by atoms with Crippen LogP contribution in [-0.4, -0.2) is 10.9 Å². The highest BCUT2D eigenvalue weighted by Gasteiger charge is 2.09. The largest absolute Gasteiger partial charge is 0.453 e. The number of nitrogens with two attached hydrogens (primary N) is 2. The quantitative estimate of drug-likeness (QED) is 0.721. The molecule has 2 aromatic carbocycles. The van der Waals surface area contributed by atoms with Crippen molar-refractivity contribution in [3.63, 3.8) is 0 Å². The third kappa shape index (κ3) is 2.49. The van der Waals surface area contributed by atoms with Crippen LogP contribution in [0, 0.1) is 0 Å². The molecule has 0 fully saturated rings. The van der Waals surface area contributed by atoms with E-state index in [9.17, 15) is 4.79 Å². The molecule has 0 bridgehead atoms. The van der Waals surface area contributed by atoms with Gasteiger partial charge in [-0.05, 0) is 30.3 Å². The van der Waals surface area contributed by atoms with Gasteiger partial charge in [0.2, 0.25) is 5.91 Å². The number of benzene rings is 2. The van der Waals surface area contributed by atoms with Crippen LogP contribution in [0.25, 0.3) is 10.9 Å². The minimum Gasteiger partial charge on any atom is -0.453 e. The summed E-state index contributed by atoms with van der Waals surface area (Å²) in [7, 11) is 0. The molecule has 104 valence electrons. The molecular formula is C16H13N3O2. The van der Waals surface area contributed by atoms with E-state index in [0.717, 1.165) is 10.9 Å². The Hall–Kier alpha value is -3.08. The number of para-hydroxylation sites is 1. The second-order valence-corrected chi connectivity index (χ2v) is 4.55. The summed E-state index contributed by atoms with van der Waals surface area (Å²) in [6.45, 7) is 0. The Bertz CT molecular complexity index is 825. The number of nitrogen functional groups attached to an aromatic ring is 1. The first-order valence-electron chi connectivity index (χ1n) is 6.36. The highest BCUT2D eigenvalue weighted by Crippen LogP contribution is 2.32. The van der Waals surface area contributed by atoms with Crippen LogP contribution in [0.2, 0.25) is 0 Å². The van der Waals surface area contributed by atoms with Crippen molar-refractivity contribution < 1.29 is 9.53 Å². The summed E-state index contributed by atoms with van der Waals surface area (Å²) in [6, 6.07) is 14.2. The number of rotatable bonds is 3. The van der Waals surface area contributed by atoms with Gasteiger partial charge in [-0.15, -0.1) is 0 Å². The summed E-state index contributed by atoms with van der Waals surface area (Å²) < 4.78 is 5.82. The number of ether oxygens (including phenoxy) is 1. The minimum absolute atomic E-state index is 0.343. The summed E-state index contributed by atoms with van der Waals surface area (Å²) in [6.07, 6.45) is 1.70. The second kappa shape index (κ2) is 5.13. The van der Waals surface area contributed by atoms with Crippen molar-refractivity contribution in [2.24, 2.45) is 5.73 Å². The summed E-state index contributed by atoms with van der Waals surface area (Å²) in [4.78, 5) is 15.4. The van der Waals surface area contributed by atoms with Crippen LogP contribution in [0.5, 0.6) is 11.5 Å². The van der Waals surface area contributed by atoms with Crippen molar-refractivity contribution >= 4 is 22.5 Å². The first kappa shape index (κ1) is 12.9. The van der Waals surface area contributed by atoms with Crippen LogP contribution in [-0.2, 0) is 0 Å². The number of pyridine rings is 1. The predicted molar refractivity (Wildman–Crippen MR) is 81.2 cm³/mol. The van der Waals surface area contributed by atoms with Gasteiger partial charge < -0.3 is 16.2 Å². The number of carbonyl (C=O) groups excluding carboxylic acids is 1. The molecule has 5 heteroatoms. The van der Waals surface area contributed by atoms with Gasteiger partial charge in [0.25, 0.3) is 0 Å². The number of aromatic nitrogens is 1. The van der Waals surface area contributed by atoms with E-state index < -0.39 is 5.91 Å². The van der Waals surface area contributed by atoms with E-state index in [1.165, 1.54) is 6.07 Å². The number of hydrogen-bond acceptors (Lipinski definition) is 4. The Balaban J connectivity index is 2.01. The first-order chi connectivity index (χ1) is 10.1. The van der Waals surface area contributed by atoms with E-state index in [4.69, 9.17) is 16.2 Å². The van der Waals surface area contributed by atoms with E-state index in [1.54, 1.807) is 18.3 Å². The van der Waals surface area contributed by atoms with Crippen LogP contribution in [0.15, 0.2) is 54.7 Å². The topological polar surface area (TPSA) is 91.2 Å². The van der Waals surface area contributed by atoms with Crippen molar-refractivity contribution in [2.75, 3.05) is 5.73 Å². The molecule has 4 N–H and O–H groups in total. The average Bonchev–Trinajstić information content (AvgIpc) is 2.49. The van der Waals surface area contributed by atoms with Crippen molar-refractivity contribution in [1.82, 2.24) is 4.98 Å². The highest BCUT2D eigenvalue weighted by molar-refractivity contribution is 5.94. The Morgan fingerprint density at radius 1 is 1.05 bits per heavy atom. The number of fused-ring (bicyclic) bond motifs is 1. The van der Waals surface area contributed by atoms with E-state index in [0.29, 0.717) is 22.7 Å². The van der Waals surface area contributed by atoms with Gasteiger partial charge in [0.1, 0.15) is 11.3 Å². The maximum Gasteiger partial charge on any atom is 0.248 e. The van der Waals surface area contributed by atoms with Crippen molar-refractivity contribution in [3.8, 4) is 11.5 Å². The molecular weight excluding hydrogens is 266 g/mol. The van der Waals surface area contributed by atoms with Gasteiger partial charge in [-0.1, -0.05) is 18.2 Å². The minimum atomic E-state index is -0.528. The molecule has 1 amide bonds. The molecule has 1 heterocycles. The smallest absolute Gasteiger partial charge is 0.248 e. The summed E-state index contributed by atoms with van der Waals surface area (Å²) in [5.74, 6) is 0.532. The molecule has 0 aliphatic carbocycles. The zero-order valence-corrected chi connectivity index (χ0v) is 11.1. The zero-order valence-electron chi connectivity index (χ0n) is 11.1. The average molecular weight is 279 g/mol. The number of carbonyl (C=O) groups is 1. The Morgan fingerprint density at radius 3 is 2.62 bits per heavy atom. The van der Waals surface area contributed by atoms with Gasteiger partial charge in [0.15, 0.2) is 5.75 Å². The van der Waals surface area contributed by atoms with Crippen LogP contribution < -0.4 is 16.2 Å². The standard InChI is InChI=1S/C16H13N3O2/c17-12-9-11(16(18)20)6-7-13(12)21-14-5-1-3-10-4-2-8-19-15(10)14/h1-9H,17H2,(H2,18,20). The van der Waals surface area contributed by atoms with Gasteiger partial charge in [-0.25, -0.2) is 0 Å². The molecule has 0 unspecified atom stereocenters. The Labute approximate surface area is 121 Å². The monoisotopic (exact) mass is 279 g/mol. The predicted octanol–water partition coefficient (Wildman–Crippen LogP) is 2.71. The summed E-state index contributed by atoms with van der Waals surface area (Å²) in [5, 5.41) is 0.974. The Morgan fingerprint density at radius 2 is 1.86 bits per heavy atom. The maximum absolute atomic E-state index is 11.1. The normalized spacial score (nSPS) is 10.5. The third-order valence-electron chi connectivity index (χ3n) is 3.11. The SMILES string of the molecule is NC(=O)c1ccc(Oc2cccc3cccnc23)c(N)c1. The fraction of sp³-hybridized carbons (Fsp3) is 0. The lowest BCUT2D eigenvalue weighted by molar-refractivity contribution is 0.100. The molecule has 21 heavy (non-hydrogen) atoms. The second-order valence-electron chi connectivity index (χ2n) is 4.55. The molecule has 3 aromatic rings. The summed E-state index contributed by atoms with van der Waals surface area (Å²) >= 11 is 0. The van der Waals surface area contributed by atoms with Gasteiger partial charge >= 0.3 is 0 Å². The van der Waals surface area contributed by atoms with E-state index in [1.807, 2.05) is 30.3 Å². The number of hydrogen-bond donors (Lipinski definition) is 2. The molecule has 0 saturated heterocycles. The molecule has 0 radical (unpaired) electrons. The number of anilines is 1. The molecule has 0 aliphatic heterocycles. The van der Waals surface area contributed by atoms with E-state index in [-0.39, 0.29) is 0 Å². The van der Waals surface area contributed by atoms with E-state index in [2.05, 4.69) is 4.98 Å². The number of amides is 1. The van der Waals surface area contributed by atoms with Crippen molar-refractivity contribution in [3.05, 3.63) is 60.3 Å². The lowest BCUT2D eigenvalue weighted by Crippen LogP contribution is -2.11. The van der Waals surface area contributed by atoms with Crippen LogP contribution in [0.4, 0.5) is 5.69 Å². The first-order valence-corrected chi connectivity index (χ1v) is 6.36. The van der Waals surface area contributed by atoms with Gasteiger partial charge in [0, 0.05) is 17.1 Å². The number of primary amides is 1. The maximum atomic E-state index is 11.1. The van der Waals surface area contributed by atoms with Crippen LogP contribution >= 0.6 is 0 Å².